The summed E-state index contributed by atoms with van der Waals surface area (Å²) in [7, 11) is 1.94. The lowest BCUT2D eigenvalue weighted by molar-refractivity contribution is 0.294. The molecule has 1 aromatic heterocycles. The third-order valence-corrected chi connectivity index (χ3v) is 3.16. The highest BCUT2D eigenvalue weighted by Gasteiger charge is 2.06. The van der Waals surface area contributed by atoms with E-state index in [1.807, 2.05) is 42.9 Å². The highest BCUT2D eigenvalue weighted by Crippen LogP contribution is 2.18. The van der Waals surface area contributed by atoms with E-state index in [1.165, 1.54) is 0 Å². The summed E-state index contributed by atoms with van der Waals surface area (Å²) >= 11 is 0. The molecule has 0 aliphatic rings. The Bertz CT molecular complexity index is 546. The van der Waals surface area contributed by atoms with Gasteiger partial charge in [0.05, 0.1) is 11.4 Å². The Morgan fingerprint density at radius 3 is 2.79 bits per heavy atom. The summed E-state index contributed by atoms with van der Waals surface area (Å²) in [4.78, 5) is 0. The van der Waals surface area contributed by atoms with Crippen molar-refractivity contribution in [2.45, 2.75) is 32.9 Å². The average Bonchev–Trinajstić information content (AvgIpc) is 2.77. The molecule has 1 heterocycles. The fraction of sp³-hybridized carbons (Fsp3) is 0.400. The van der Waals surface area contributed by atoms with Crippen molar-refractivity contribution in [2.24, 2.45) is 12.8 Å². The third kappa shape index (κ3) is 3.35. The Morgan fingerprint density at radius 1 is 1.37 bits per heavy atom. The molecule has 2 N–H and O–H groups in total. The fourth-order valence-electron chi connectivity index (χ4n) is 1.92. The van der Waals surface area contributed by atoms with Gasteiger partial charge >= 0.3 is 0 Å². The van der Waals surface area contributed by atoms with Crippen LogP contribution in [0.5, 0.6) is 5.75 Å². The van der Waals surface area contributed by atoms with Crippen molar-refractivity contribution in [3.8, 4) is 5.75 Å². The number of aryl methyl sites for hydroxylation is 2. The van der Waals surface area contributed by atoms with Crippen molar-refractivity contribution in [2.75, 3.05) is 0 Å². The van der Waals surface area contributed by atoms with Gasteiger partial charge in [-0.1, -0.05) is 19.1 Å². The van der Waals surface area contributed by atoms with Crippen molar-refractivity contribution in [3.63, 3.8) is 0 Å². The first-order chi connectivity index (χ1) is 9.10. The minimum absolute atomic E-state index is 0.0203. The van der Waals surface area contributed by atoms with Gasteiger partial charge in [0, 0.05) is 13.1 Å². The Morgan fingerprint density at radius 2 is 2.16 bits per heavy atom. The number of nitrogens with zero attached hydrogens (tertiary/aromatic N) is 2. The van der Waals surface area contributed by atoms with Gasteiger partial charge in [-0.2, -0.15) is 5.10 Å². The predicted octanol–water partition coefficient (Wildman–Crippen LogP) is 2.58. The Kier molecular flexibility index (Phi) is 4.22. The van der Waals surface area contributed by atoms with Gasteiger partial charge in [0.1, 0.15) is 12.4 Å². The van der Waals surface area contributed by atoms with Crippen LogP contribution in [0.25, 0.3) is 0 Å². The molecule has 0 fully saturated rings. The van der Waals surface area contributed by atoms with Crippen molar-refractivity contribution in [3.05, 3.63) is 47.3 Å². The molecule has 0 amide bonds. The topological polar surface area (TPSA) is 53.1 Å². The molecule has 0 radical (unpaired) electrons. The van der Waals surface area contributed by atoms with Gasteiger partial charge in [-0.15, -0.1) is 0 Å². The maximum atomic E-state index is 5.87. The summed E-state index contributed by atoms with van der Waals surface area (Å²) < 4.78 is 7.67. The molecule has 0 saturated carbocycles. The second kappa shape index (κ2) is 5.89. The van der Waals surface area contributed by atoms with Crippen LogP contribution in [0.1, 0.15) is 36.8 Å². The highest BCUT2D eigenvalue weighted by molar-refractivity contribution is 5.30. The van der Waals surface area contributed by atoms with Gasteiger partial charge in [-0.05, 0) is 37.1 Å². The molecule has 0 aliphatic carbocycles. The highest BCUT2D eigenvalue weighted by atomic mass is 16.5. The number of ether oxygens (including phenoxy) is 1. The van der Waals surface area contributed by atoms with Crippen molar-refractivity contribution >= 4 is 0 Å². The summed E-state index contributed by atoms with van der Waals surface area (Å²) in [5, 5.41) is 4.40. The van der Waals surface area contributed by atoms with Crippen LogP contribution in [-0.2, 0) is 20.1 Å². The molecule has 4 nitrogen and oxygen atoms in total. The van der Waals surface area contributed by atoms with E-state index in [2.05, 4.69) is 18.1 Å². The minimum Gasteiger partial charge on any atom is -0.487 e. The van der Waals surface area contributed by atoms with Crippen LogP contribution >= 0.6 is 0 Å². The van der Waals surface area contributed by atoms with E-state index in [4.69, 9.17) is 10.5 Å². The summed E-state index contributed by atoms with van der Waals surface area (Å²) in [5.41, 5.74) is 9.11. The average molecular weight is 259 g/mol. The molecule has 19 heavy (non-hydrogen) atoms. The molecule has 0 aliphatic heterocycles. The smallest absolute Gasteiger partial charge is 0.130 e. The first kappa shape index (κ1) is 13.6. The minimum atomic E-state index is 0.0203. The van der Waals surface area contributed by atoms with Crippen molar-refractivity contribution in [1.29, 1.82) is 0 Å². The summed E-state index contributed by atoms with van der Waals surface area (Å²) in [6.45, 7) is 4.58. The van der Waals surface area contributed by atoms with Crippen LogP contribution in [0.15, 0.2) is 30.3 Å². The number of hydrogen-bond acceptors (Lipinski definition) is 3. The number of hydrogen-bond donors (Lipinski definition) is 1. The van der Waals surface area contributed by atoms with Gasteiger partial charge in [-0.3, -0.25) is 4.68 Å². The van der Waals surface area contributed by atoms with E-state index in [9.17, 15) is 0 Å². The molecule has 1 aromatic carbocycles. The number of rotatable bonds is 5. The zero-order valence-electron chi connectivity index (χ0n) is 11.8. The lowest BCUT2D eigenvalue weighted by atomic mass is 10.1. The molecule has 0 spiro atoms. The lowest BCUT2D eigenvalue weighted by Crippen LogP contribution is -2.06. The van der Waals surface area contributed by atoms with Crippen LogP contribution < -0.4 is 10.5 Å². The standard InChI is InChI=1S/C15H21N3O/c1-4-13-9-14(18(3)17-13)10-19-15-7-5-6-12(8-15)11(2)16/h5-9,11H,4,10,16H2,1-3H3/t11-/m1/s1. The number of benzene rings is 1. The van der Waals surface area contributed by atoms with E-state index >= 15 is 0 Å². The van der Waals surface area contributed by atoms with E-state index in [0.29, 0.717) is 6.61 Å². The second-order valence-electron chi connectivity index (χ2n) is 4.75. The fourth-order valence-corrected chi connectivity index (χ4v) is 1.92. The molecule has 2 aromatic rings. The maximum Gasteiger partial charge on any atom is 0.130 e. The van der Waals surface area contributed by atoms with E-state index in [0.717, 1.165) is 29.1 Å². The summed E-state index contributed by atoms with van der Waals surface area (Å²) in [6.07, 6.45) is 0.939. The molecule has 2 rings (SSSR count). The zero-order valence-corrected chi connectivity index (χ0v) is 11.8. The zero-order chi connectivity index (χ0) is 13.8. The molecular weight excluding hydrogens is 238 g/mol. The first-order valence-corrected chi connectivity index (χ1v) is 6.60. The molecule has 102 valence electrons. The Labute approximate surface area is 114 Å². The molecule has 4 heteroatoms. The van der Waals surface area contributed by atoms with Gasteiger partial charge in [0.2, 0.25) is 0 Å². The van der Waals surface area contributed by atoms with Crippen LogP contribution in [-0.4, -0.2) is 9.78 Å². The van der Waals surface area contributed by atoms with Crippen LogP contribution in [0, 0.1) is 0 Å². The molecule has 1 atom stereocenters. The molecule has 0 bridgehead atoms. The maximum absolute atomic E-state index is 5.87. The molecular formula is C15H21N3O. The van der Waals surface area contributed by atoms with Gasteiger partial charge < -0.3 is 10.5 Å². The van der Waals surface area contributed by atoms with Crippen LogP contribution in [0.4, 0.5) is 0 Å². The number of aromatic nitrogens is 2. The number of nitrogens with two attached hydrogens (primary N) is 1. The Balaban J connectivity index is 2.05. The van der Waals surface area contributed by atoms with Gasteiger partial charge in [0.15, 0.2) is 0 Å². The van der Waals surface area contributed by atoms with Crippen LogP contribution in [0.2, 0.25) is 0 Å². The second-order valence-corrected chi connectivity index (χ2v) is 4.75. The predicted molar refractivity (Wildman–Crippen MR) is 76.0 cm³/mol. The molecule has 0 unspecified atom stereocenters. The SMILES string of the molecule is CCc1cc(COc2cccc([C@@H](C)N)c2)n(C)n1. The normalized spacial score (nSPS) is 12.4. The van der Waals surface area contributed by atoms with Crippen molar-refractivity contribution < 1.29 is 4.74 Å². The largest absolute Gasteiger partial charge is 0.487 e. The van der Waals surface area contributed by atoms with Gasteiger partial charge in [0.25, 0.3) is 0 Å². The van der Waals surface area contributed by atoms with Gasteiger partial charge in [-0.25, -0.2) is 0 Å². The van der Waals surface area contributed by atoms with Crippen molar-refractivity contribution in [1.82, 2.24) is 9.78 Å². The summed E-state index contributed by atoms with van der Waals surface area (Å²) in [5.74, 6) is 0.842. The monoisotopic (exact) mass is 259 g/mol. The third-order valence-electron chi connectivity index (χ3n) is 3.16. The van der Waals surface area contributed by atoms with E-state index in [1.54, 1.807) is 0 Å². The van der Waals surface area contributed by atoms with Crippen LogP contribution in [0.3, 0.4) is 0 Å². The Hall–Kier alpha value is -1.81. The van der Waals surface area contributed by atoms with E-state index in [-0.39, 0.29) is 6.04 Å². The first-order valence-electron chi connectivity index (χ1n) is 6.60. The summed E-state index contributed by atoms with van der Waals surface area (Å²) in [6, 6.07) is 10.0. The quantitative estimate of drug-likeness (QED) is 0.898. The lowest BCUT2D eigenvalue weighted by Gasteiger charge is -2.10. The van der Waals surface area contributed by atoms with E-state index < -0.39 is 0 Å². The molecule has 0 saturated heterocycles.